The van der Waals surface area contributed by atoms with Crippen molar-refractivity contribution >= 4 is 31.6 Å². The lowest BCUT2D eigenvalue weighted by molar-refractivity contribution is 0.547. The molecule has 0 aliphatic heterocycles. The molecule has 0 unspecified atom stereocenters. The van der Waals surface area contributed by atoms with Crippen LogP contribution in [0.15, 0.2) is 39.7 Å². The zero-order valence-corrected chi connectivity index (χ0v) is 13.0. The minimum atomic E-state index is -4.22. The van der Waals surface area contributed by atoms with Crippen molar-refractivity contribution in [3.63, 3.8) is 0 Å². The van der Waals surface area contributed by atoms with Crippen molar-refractivity contribution in [2.45, 2.75) is 11.8 Å². The van der Waals surface area contributed by atoms with Crippen LogP contribution in [-0.4, -0.2) is 8.42 Å². The molecule has 8 heteroatoms. The van der Waals surface area contributed by atoms with Gasteiger partial charge in [0.1, 0.15) is 16.4 Å². The number of anilines is 1. The van der Waals surface area contributed by atoms with Crippen LogP contribution < -0.4 is 4.72 Å². The molecule has 0 aromatic heterocycles. The van der Waals surface area contributed by atoms with E-state index in [1.165, 1.54) is 12.1 Å². The lowest BCUT2D eigenvalue weighted by atomic mass is 10.2. The third-order valence-electron chi connectivity index (χ3n) is 2.62. The summed E-state index contributed by atoms with van der Waals surface area (Å²) in [6.07, 6.45) is 0. The predicted molar refractivity (Wildman–Crippen MR) is 76.0 cm³/mol. The smallest absolute Gasteiger partial charge is 0.263 e. The topological polar surface area (TPSA) is 46.2 Å². The van der Waals surface area contributed by atoms with E-state index in [0.29, 0.717) is 12.1 Å². The average Bonchev–Trinajstić information content (AvgIpc) is 2.33. The van der Waals surface area contributed by atoms with E-state index >= 15 is 0 Å². The molecule has 1 N–H and O–H groups in total. The Morgan fingerprint density at radius 2 is 1.62 bits per heavy atom. The van der Waals surface area contributed by atoms with Crippen LogP contribution in [0.2, 0.25) is 0 Å². The van der Waals surface area contributed by atoms with Crippen molar-refractivity contribution in [2.75, 3.05) is 4.72 Å². The van der Waals surface area contributed by atoms with Crippen molar-refractivity contribution in [1.82, 2.24) is 0 Å². The second-order valence-electron chi connectivity index (χ2n) is 4.28. The molecule has 2 rings (SSSR count). The average molecular weight is 380 g/mol. The van der Waals surface area contributed by atoms with E-state index in [1.54, 1.807) is 17.7 Å². The van der Waals surface area contributed by atoms with Gasteiger partial charge in [0.25, 0.3) is 10.0 Å². The minimum Gasteiger partial charge on any atom is -0.274 e. The Bertz CT molecular complexity index is 786. The Morgan fingerprint density at radius 1 is 1.05 bits per heavy atom. The monoisotopic (exact) mass is 379 g/mol. The number of benzene rings is 2. The normalized spacial score (nSPS) is 11.5. The van der Waals surface area contributed by atoms with Crippen LogP contribution in [0.5, 0.6) is 0 Å². The first-order valence-electron chi connectivity index (χ1n) is 5.64. The van der Waals surface area contributed by atoms with Gasteiger partial charge < -0.3 is 0 Å². The molecule has 0 aliphatic carbocycles. The molecule has 0 aliphatic rings. The van der Waals surface area contributed by atoms with E-state index in [9.17, 15) is 21.6 Å². The summed E-state index contributed by atoms with van der Waals surface area (Å²) in [5, 5.41) is 0. The molecular weight excluding hydrogens is 371 g/mol. The Hall–Kier alpha value is -1.54. The molecule has 2 aromatic rings. The lowest BCUT2D eigenvalue weighted by Crippen LogP contribution is -2.16. The molecule has 0 saturated carbocycles. The maximum atomic E-state index is 13.5. The fourth-order valence-electron chi connectivity index (χ4n) is 1.65. The number of aryl methyl sites for hydroxylation is 1. The molecule has 0 bridgehead atoms. The Kier molecular flexibility index (Phi) is 4.29. The summed E-state index contributed by atoms with van der Waals surface area (Å²) in [4.78, 5) is -0.184. The summed E-state index contributed by atoms with van der Waals surface area (Å²) in [7, 11) is -4.22. The highest BCUT2D eigenvalue weighted by molar-refractivity contribution is 9.10. The quantitative estimate of drug-likeness (QED) is 0.876. The second kappa shape index (κ2) is 5.69. The zero-order chi connectivity index (χ0) is 15.8. The standard InChI is InChI=1S/C13H9BrF3NO2S/c1-7-2-3-12(9(14)4-7)21(19,20)18-13-10(16)5-8(15)6-11(13)17/h2-6,18H,1H3. The van der Waals surface area contributed by atoms with E-state index in [-0.39, 0.29) is 9.37 Å². The van der Waals surface area contributed by atoms with Gasteiger partial charge in [0.05, 0.1) is 0 Å². The minimum absolute atomic E-state index is 0.184. The van der Waals surface area contributed by atoms with Gasteiger partial charge in [0.2, 0.25) is 0 Å². The predicted octanol–water partition coefficient (Wildman–Crippen LogP) is 3.98. The highest BCUT2D eigenvalue weighted by Gasteiger charge is 2.22. The van der Waals surface area contributed by atoms with E-state index in [4.69, 9.17) is 0 Å². The Labute approximate surface area is 128 Å². The van der Waals surface area contributed by atoms with Crippen molar-refractivity contribution in [3.8, 4) is 0 Å². The SMILES string of the molecule is Cc1ccc(S(=O)(=O)Nc2c(F)cc(F)cc2F)c(Br)c1. The van der Waals surface area contributed by atoms with Crippen molar-refractivity contribution in [3.05, 3.63) is 57.8 Å². The summed E-state index contributed by atoms with van der Waals surface area (Å²) >= 11 is 3.08. The second-order valence-corrected chi connectivity index (χ2v) is 6.79. The van der Waals surface area contributed by atoms with Gasteiger partial charge in [-0.15, -0.1) is 0 Å². The molecule has 0 heterocycles. The number of hydrogen-bond donors (Lipinski definition) is 1. The van der Waals surface area contributed by atoms with Crippen LogP contribution in [0.3, 0.4) is 0 Å². The number of hydrogen-bond acceptors (Lipinski definition) is 2. The molecule has 0 radical (unpaired) electrons. The van der Waals surface area contributed by atoms with Crippen LogP contribution >= 0.6 is 15.9 Å². The third kappa shape index (κ3) is 3.38. The van der Waals surface area contributed by atoms with Gasteiger partial charge in [-0.2, -0.15) is 0 Å². The molecule has 0 fully saturated rings. The van der Waals surface area contributed by atoms with Crippen molar-refractivity contribution in [1.29, 1.82) is 0 Å². The summed E-state index contributed by atoms with van der Waals surface area (Å²) < 4.78 is 66.2. The van der Waals surface area contributed by atoms with Gasteiger partial charge >= 0.3 is 0 Å². The van der Waals surface area contributed by atoms with Gasteiger partial charge in [0, 0.05) is 16.6 Å². The molecule has 0 atom stereocenters. The maximum absolute atomic E-state index is 13.5. The van der Waals surface area contributed by atoms with Crippen LogP contribution in [0, 0.1) is 24.4 Å². The fourth-order valence-corrected chi connectivity index (χ4v) is 3.92. The van der Waals surface area contributed by atoms with Crippen LogP contribution in [0.1, 0.15) is 5.56 Å². The molecule has 21 heavy (non-hydrogen) atoms. The highest BCUT2D eigenvalue weighted by Crippen LogP contribution is 2.27. The van der Waals surface area contributed by atoms with Crippen LogP contribution in [-0.2, 0) is 10.0 Å². The molecule has 0 saturated heterocycles. The molecule has 2 aromatic carbocycles. The van der Waals surface area contributed by atoms with Crippen LogP contribution in [0.4, 0.5) is 18.9 Å². The van der Waals surface area contributed by atoms with E-state index < -0.39 is 33.2 Å². The fraction of sp³-hybridized carbons (Fsp3) is 0.0769. The molecule has 3 nitrogen and oxygen atoms in total. The van der Waals surface area contributed by atoms with Gasteiger partial charge in [-0.3, -0.25) is 4.72 Å². The first-order chi connectivity index (χ1) is 9.70. The van der Waals surface area contributed by atoms with Crippen molar-refractivity contribution < 1.29 is 21.6 Å². The Morgan fingerprint density at radius 3 is 2.14 bits per heavy atom. The number of rotatable bonds is 3. The first kappa shape index (κ1) is 15.8. The molecule has 0 amide bonds. The van der Waals surface area contributed by atoms with Gasteiger partial charge in [-0.25, -0.2) is 21.6 Å². The van der Waals surface area contributed by atoms with E-state index in [2.05, 4.69) is 15.9 Å². The van der Waals surface area contributed by atoms with Gasteiger partial charge in [0.15, 0.2) is 11.6 Å². The summed E-state index contributed by atoms with van der Waals surface area (Å²) in [6.45, 7) is 1.76. The zero-order valence-electron chi connectivity index (χ0n) is 10.6. The number of halogens is 4. The van der Waals surface area contributed by atoms with Crippen molar-refractivity contribution in [2.24, 2.45) is 0 Å². The van der Waals surface area contributed by atoms with Gasteiger partial charge in [-0.1, -0.05) is 6.07 Å². The number of nitrogens with one attached hydrogen (secondary N) is 1. The summed E-state index contributed by atoms with van der Waals surface area (Å²) in [6, 6.07) is 5.17. The largest absolute Gasteiger partial charge is 0.274 e. The summed E-state index contributed by atoms with van der Waals surface area (Å²) in [5.41, 5.74) is -0.121. The van der Waals surface area contributed by atoms with Gasteiger partial charge in [-0.05, 0) is 40.5 Å². The Balaban J connectivity index is 2.47. The first-order valence-corrected chi connectivity index (χ1v) is 7.92. The molecule has 112 valence electrons. The third-order valence-corrected chi connectivity index (χ3v) is 4.95. The molecule has 0 spiro atoms. The van der Waals surface area contributed by atoms with E-state index in [0.717, 1.165) is 5.56 Å². The maximum Gasteiger partial charge on any atom is 0.263 e. The number of sulfonamides is 1. The summed E-state index contributed by atoms with van der Waals surface area (Å²) in [5.74, 6) is -3.80. The van der Waals surface area contributed by atoms with Crippen LogP contribution in [0.25, 0.3) is 0 Å². The van der Waals surface area contributed by atoms with E-state index in [1.807, 2.05) is 0 Å². The lowest BCUT2D eigenvalue weighted by Gasteiger charge is -2.11. The molecular formula is C13H9BrF3NO2S. The highest BCUT2D eigenvalue weighted by atomic mass is 79.9.